The Hall–Kier alpha value is -1.95. The summed E-state index contributed by atoms with van der Waals surface area (Å²) in [5, 5.41) is 7.32. The summed E-state index contributed by atoms with van der Waals surface area (Å²) in [5.74, 6) is 1.51. The first-order valence-electron chi connectivity index (χ1n) is 6.54. The summed E-state index contributed by atoms with van der Waals surface area (Å²) in [4.78, 5) is 18.8. The summed E-state index contributed by atoms with van der Waals surface area (Å²) < 4.78 is 5.17. The zero-order chi connectivity index (χ0) is 13.1. The third-order valence-corrected chi connectivity index (χ3v) is 3.39. The Labute approximate surface area is 110 Å². The molecule has 100 valence electrons. The first kappa shape index (κ1) is 12.1. The van der Waals surface area contributed by atoms with Crippen molar-refractivity contribution in [2.75, 3.05) is 13.1 Å². The molecule has 2 N–H and O–H groups in total. The van der Waals surface area contributed by atoms with E-state index in [1.165, 1.54) is 18.9 Å². The van der Waals surface area contributed by atoms with Gasteiger partial charge in [0.05, 0.1) is 0 Å². The van der Waals surface area contributed by atoms with Crippen LogP contribution in [0.5, 0.6) is 0 Å². The molecule has 0 aromatic carbocycles. The molecule has 2 aromatic rings. The van der Waals surface area contributed by atoms with Gasteiger partial charge in [0.25, 0.3) is 5.89 Å². The van der Waals surface area contributed by atoms with Gasteiger partial charge in [0.2, 0.25) is 0 Å². The molecular weight excluding hydrogens is 244 g/mol. The average molecular weight is 260 g/mol. The van der Waals surface area contributed by atoms with Crippen molar-refractivity contribution in [3.63, 3.8) is 0 Å². The Balaban J connectivity index is 1.76. The Kier molecular flexibility index (Phi) is 3.41. The first-order chi connectivity index (χ1) is 9.33. The highest BCUT2D eigenvalue weighted by atomic mass is 16.5. The molecule has 0 aliphatic carbocycles. The molecule has 19 heavy (non-hydrogen) atoms. The fourth-order valence-electron chi connectivity index (χ4n) is 2.39. The molecule has 1 fully saturated rings. The molecule has 3 rings (SSSR count). The molecule has 1 saturated heterocycles. The van der Waals surface area contributed by atoms with E-state index in [1.807, 2.05) is 0 Å². The van der Waals surface area contributed by atoms with E-state index in [0.717, 1.165) is 19.5 Å². The van der Waals surface area contributed by atoms with Crippen LogP contribution in [0.2, 0.25) is 0 Å². The molecule has 1 aliphatic rings. The van der Waals surface area contributed by atoms with E-state index in [2.05, 4.69) is 20.4 Å². The Bertz CT molecular complexity index is 598. The van der Waals surface area contributed by atoms with Crippen LogP contribution in [0.1, 0.15) is 18.7 Å². The number of piperidine rings is 1. The summed E-state index contributed by atoms with van der Waals surface area (Å²) in [7, 11) is 0. The van der Waals surface area contributed by atoms with E-state index in [9.17, 15) is 4.79 Å². The second-order valence-electron chi connectivity index (χ2n) is 4.85. The smallest absolute Gasteiger partial charge is 0.263 e. The number of hydrogen-bond acceptors (Lipinski definition) is 5. The van der Waals surface area contributed by atoms with Crippen LogP contribution in [0.4, 0.5) is 0 Å². The van der Waals surface area contributed by atoms with Gasteiger partial charge in [0.15, 0.2) is 11.3 Å². The van der Waals surface area contributed by atoms with Crippen LogP contribution in [0.15, 0.2) is 27.8 Å². The predicted molar refractivity (Wildman–Crippen MR) is 69.7 cm³/mol. The normalized spacial score (nSPS) is 19.5. The Morgan fingerprint density at radius 1 is 1.47 bits per heavy atom. The number of nitrogens with one attached hydrogen (secondary N) is 2. The van der Waals surface area contributed by atoms with Crippen molar-refractivity contribution in [2.45, 2.75) is 19.3 Å². The van der Waals surface area contributed by atoms with Gasteiger partial charge in [-0.25, -0.2) is 0 Å². The molecule has 0 bridgehead atoms. The van der Waals surface area contributed by atoms with Crippen LogP contribution in [-0.2, 0) is 6.42 Å². The summed E-state index contributed by atoms with van der Waals surface area (Å²) in [6.07, 6.45) is 6.33. The van der Waals surface area contributed by atoms with E-state index in [1.54, 1.807) is 12.4 Å². The molecule has 0 spiro atoms. The molecule has 1 aliphatic heterocycles. The molecule has 1 atom stereocenters. The quantitative estimate of drug-likeness (QED) is 0.859. The maximum Gasteiger partial charge on any atom is 0.263 e. The van der Waals surface area contributed by atoms with E-state index in [0.29, 0.717) is 23.2 Å². The summed E-state index contributed by atoms with van der Waals surface area (Å²) in [6, 6.07) is 1.45. The second-order valence-corrected chi connectivity index (χ2v) is 4.85. The lowest BCUT2D eigenvalue weighted by Gasteiger charge is -2.20. The first-order valence-corrected chi connectivity index (χ1v) is 6.54. The van der Waals surface area contributed by atoms with Gasteiger partial charge in [-0.15, -0.1) is 0 Å². The van der Waals surface area contributed by atoms with E-state index < -0.39 is 0 Å². The molecule has 6 nitrogen and oxygen atoms in total. The highest BCUT2D eigenvalue weighted by molar-refractivity contribution is 5.50. The van der Waals surface area contributed by atoms with Crippen LogP contribution in [0.25, 0.3) is 11.5 Å². The van der Waals surface area contributed by atoms with E-state index in [4.69, 9.17) is 4.52 Å². The largest absolute Gasteiger partial charge is 0.367 e. The maximum atomic E-state index is 11.7. The Morgan fingerprint density at radius 2 is 2.42 bits per heavy atom. The van der Waals surface area contributed by atoms with Gasteiger partial charge in [-0.05, 0) is 31.8 Å². The third kappa shape index (κ3) is 2.73. The molecule has 0 saturated carbocycles. The lowest BCUT2D eigenvalue weighted by Crippen LogP contribution is -2.31. The van der Waals surface area contributed by atoms with Crippen molar-refractivity contribution in [3.05, 3.63) is 34.5 Å². The average Bonchev–Trinajstić information content (AvgIpc) is 2.89. The molecular formula is C13H16N4O2. The lowest BCUT2D eigenvalue weighted by molar-refractivity contribution is 0.360. The standard InChI is InChI=1S/C13H16N4O2/c18-11-3-5-15-8-10(11)13-16-12(17-19-13)6-9-2-1-4-14-7-9/h3,5,8-9,14H,1-2,4,6-7H2,(H,15,18). The number of pyridine rings is 1. The minimum absolute atomic E-state index is 0.117. The van der Waals surface area contributed by atoms with Crippen LogP contribution in [0, 0.1) is 5.92 Å². The van der Waals surface area contributed by atoms with Gasteiger partial charge in [-0.2, -0.15) is 4.98 Å². The molecule has 6 heteroatoms. The minimum atomic E-state index is -0.117. The summed E-state index contributed by atoms with van der Waals surface area (Å²) in [6.45, 7) is 2.09. The molecule has 2 aromatic heterocycles. The van der Waals surface area contributed by atoms with Crippen molar-refractivity contribution in [1.82, 2.24) is 20.4 Å². The minimum Gasteiger partial charge on any atom is -0.367 e. The molecule has 0 radical (unpaired) electrons. The van der Waals surface area contributed by atoms with E-state index in [-0.39, 0.29) is 5.43 Å². The topological polar surface area (TPSA) is 83.8 Å². The van der Waals surface area contributed by atoms with Gasteiger partial charge in [-0.1, -0.05) is 5.16 Å². The highest BCUT2D eigenvalue weighted by Gasteiger charge is 2.18. The van der Waals surface area contributed by atoms with Crippen LogP contribution < -0.4 is 10.7 Å². The van der Waals surface area contributed by atoms with Crippen molar-refractivity contribution in [1.29, 1.82) is 0 Å². The lowest BCUT2D eigenvalue weighted by atomic mass is 9.96. The monoisotopic (exact) mass is 260 g/mol. The molecule has 0 amide bonds. The number of rotatable bonds is 3. The SMILES string of the molecule is O=c1cc[nH]cc1-c1nc(CC2CCCNC2)no1. The van der Waals surface area contributed by atoms with Crippen molar-refractivity contribution < 1.29 is 4.52 Å². The highest BCUT2D eigenvalue weighted by Crippen LogP contribution is 2.17. The molecule has 3 heterocycles. The summed E-state index contributed by atoms with van der Waals surface area (Å²) >= 11 is 0. The number of hydrogen-bond donors (Lipinski definition) is 2. The van der Waals surface area contributed by atoms with Gasteiger partial charge in [-0.3, -0.25) is 4.79 Å². The fourth-order valence-corrected chi connectivity index (χ4v) is 2.39. The zero-order valence-corrected chi connectivity index (χ0v) is 10.6. The number of nitrogens with zero attached hydrogens (tertiary/aromatic N) is 2. The number of aromatic nitrogens is 3. The second kappa shape index (κ2) is 5.36. The van der Waals surface area contributed by atoms with Gasteiger partial charge >= 0.3 is 0 Å². The predicted octanol–water partition coefficient (Wildman–Crippen LogP) is 0.967. The van der Waals surface area contributed by atoms with Gasteiger partial charge in [0.1, 0.15) is 5.56 Å². The summed E-state index contributed by atoms with van der Waals surface area (Å²) in [5.41, 5.74) is 0.302. The van der Waals surface area contributed by atoms with Gasteiger partial charge in [0, 0.05) is 24.9 Å². The van der Waals surface area contributed by atoms with Crippen molar-refractivity contribution in [3.8, 4) is 11.5 Å². The number of H-pyrrole nitrogens is 1. The maximum absolute atomic E-state index is 11.7. The van der Waals surface area contributed by atoms with E-state index >= 15 is 0 Å². The Morgan fingerprint density at radius 3 is 3.21 bits per heavy atom. The number of aromatic amines is 1. The van der Waals surface area contributed by atoms with Gasteiger partial charge < -0.3 is 14.8 Å². The third-order valence-electron chi connectivity index (χ3n) is 3.39. The van der Waals surface area contributed by atoms with Crippen LogP contribution in [0.3, 0.4) is 0 Å². The zero-order valence-electron chi connectivity index (χ0n) is 10.6. The van der Waals surface area contributed by atoms with Crippen molar-refractivity contribution in [2.24, 2.45) is 5.92 Å². The fraction of sp³-hybridized carbons (Fsp3) is 0.462. The van der Waals surface area contributed by atoms with Crippen LogP contribution in [-0.4, -0.2) is 28.2 Å². The molecule has 1 unspecified atom stereocenters. The van der Waals surface area contributed by atoms with Crippen molar-refractivity contribution >= 4 is 0 Å². The van der Waals surface area contributed by atoms with Crippen LogP contribution >= 0.6 is 0 Å².